The Morgan fingerprint density at radius 3 is 3.00 bits per heavy atom. The van der Waals surface area contributed by atoms with Gasteiger partial charge in [-0.3, -0.25) is 4.79 Å². The van der Waals surface area contributed by atoms with Gasteiger partial charge in [0.05, 0.1) is 17.4 Å². The zero-order valence-electron chi connectivity index (χ0n) is 10.3. The van der Waals surface area contributed by atoms with Crippen molar-refractivity contribution in [3.05, 3.63) is 42.4 Å². The summed E-state index contributed by atoms with van der Waals surface area (Å²) in [5.74, 6) is 0.202. The minimum atomic E-state index is -0.902. The molecule has 1 N–H and O–H groups in total. The molecular weight excluding hydrogens is 244 g/mol. The molecule has 19 heavy (non-hydrogen) atoms. The third kappa shape index (κ3) is 2.10. The zero-order valence-corrected chi connectivity index (χ0v) is 10.3. The highest BCUT2D eigenvalue weighted by Gasteiger charge is 2.09. The fourth-order valence-electron chi connectivity index (χ4n) is 2.07. The maximum atomic E-state index is 10.6. The third-order valence-electron chi connectivity index (χ3n) is 3.00. The molecule has 5 heteroatoms. The van der Waals surface area contributed by atoms with E-state index in [1.165, 1.54) is 0 Å². The molecule has 0 aliphatic rings. The van der Waals surface area contributed by atoms with Crippen LogP contribution in [-0.4, -0.2) is 20.6 Å². The van der Waals surface area contributed by atoms with Crippen molar-refractivity contribution in [3.63, 3.8) is 0 Å². The topological polar surface area (TPSA) is 68.3 Å². The smallest absolute Gasteiger partial charge is 0.311 e. The van der Waals surface area contributed by atoms with Crippen LogP contribution in [0.3, 0.4) is 0 Å². The SMILES string of the molecule is Cn1cnc2cc(-c3ccc(CC(=O)O)o3)ccc21. The molecule has 3 rings (SSSR count). The molecule has 0 saturated carbocycles. The van der Waals surface area contributed by atoms with Crippen LogP contribution in [-0.2, 0) is 18.3 Å². The van der Waals surface area contributed by atoms with E-state index in [2.05, 4.69) is 4.98 Å². The van der Waals surface area contributed by atoms with E-state index in [0.29, 0.717) is 11.5 Å². The van der Waals surface area contributed by atoms with Gasteiger partial charge in [0.15, 0.2) is 0 Å². The predicted octanol–water partition coefficient (Wildman–Crippen LogP) is 2.46. The summed E-state index contributed by atoms with van der Waals surface area (Å²) in [6, 6.07) is 9.30. The first-order valence-corrected chi connectivity index (χ1v) is 5.85. The molecule has 0 aliphatic carbocycles. The molecule has 96 valence electrons. The van der Waals surface area contributed by atoms with E-state index >= 15 is 0 Å². The number of aliphatic carboxylic acids is 1. The number of hydrogen-bond donors (Lipinski definition) is 1. The summed E-state index contributed by atoms with van der Waals surface area (Å²) in [6.45, 7) is 0. The lowest BCUT2D eigenvalue weighted by Gasteiger charge is -1.98. The van der Waals surface area contributed by atoms with Gasteiger partial charge in [0, 0.05) is 12.6 Å². The fourth-order valence-corrected chi connectivity index (χ4v) is 2.07. The average molecular weight is 256 g/mol. The standard InChI is InChI=1S/C14H12N2O3/c1-16-8-15-11-6-9(2-4-12(11)16)13-5-3-10(19-13)7-14(17)18/h2-6,8H,7H2,1H3,(H,17,18). The predicted molar refractivity (Wildman–Crippen MR) is 69.8 cm³/mol. The molecule has 3 aromatic rings. The molecule has 5 nitrogen and oxygen atoms in total. The minimum absolute atomic E-state index is 0.105. The third-order valence-corrected chi connectivity index (χ3v) is 3.00. The number of benzene rings is 1. The van der Waals surface area contributed by atoms with E-state index < -0.39 is 5.97 Å². The molecule has 2 heterocycles. The first kappa shape index (κ1) is 11.5. The molecule has 0 fully saturated rings. The minimum Gasteiger partial charge on any atom is -0.481 e. The summed E-state index contributed by atoms with van der Waals surface area (Å²) in [5.41, 5.74) is 2.82. The molecule has 1 aromatic carbocycles. The molecule has 0 saturated heterocycles. The van der Waals surface area contributed by atoms with E-state index in [9.17, 15) is 4.79 Å². The van der Waals surface area contributed by atoms with Crippen LogP contribution < -0.4 is 0 Å². The Morgan fingerprint density at radius 1 is 1.37 bits per heavy atom. The van der Waals surface area contributed by atoms with E-state index in [-0.39, 0.29) is 6.42 Å². The van der Waals surface area contributed by atoms with Gasteiger partial charge in [-0.05, 0) is 30.3 Å². The number of imidazole rings is 1. The van der Waals surface area contributed by atoms with Gasteiger partial charge in [0.25, 0.3) is 0 Å². The largest absolute Gasteiger partial charge is 0.481 e. The van der Waals surface area contributed by atoms with Crippen molar-refractivity contribution in [1.29, 1.82) is 0 Å². The number of rotatable bonds is 3. The molecule has 2 aromatic heterocycles. The Morgan fingerprint density at radius 2 is 2.21 bits per heavy atom. The van der Waals surface area contributed by atoms with Crippen LogP contribution in [0, 0.1) is 0 Å². The monoisotopic (exact) mass is 256 g/mol. The zero-order chi connectivity index (χ0) is 13.4. The number of aryl methyl sites for hydroxylation is 1. The Hall–Kier alpha value is -2.56. The van der Waals surface area contributed by atoms with E-state index in [0.717, 1.165) is 16.6 Å². The van der Waals surface area contributed by atoms with Crippen LogP contribution in [0.1, 0.15) is 5.76 Å². The van der Waals surface area contributed by atoms with Crippen molar-refractivity contribution in [1.82, 2.24) is 9.55 Å². The lowest BCUT2D eigenvalue weighted by atomic mass is 10.1. The number of nitrogens with zero attached hydrogens (tertiary/aromatic N) is 2. The summed E-state index contributed by atoms with van der Waals surface area (Å²) in [4.78, 5) is 14.9. The maximum absolute atomic E-state index is 10.6. The van der Waals surface area contributed by atoms with Crippen molar-refractivity contribution in [3.8, 4) is 11.3 Å². The first-order valence-electron chi connectivity index (χ1n) is 5.85. The van der Waals surface area contributed by atoms with Crippen molar-refractivity contribution in [2.24, 2.45) is 7.05 Å². The van der Waals surface area contributed by atoms with Gasteiger partial charge in [-0.1, -0.05) is 0 Å². The van der Waals surface area contributed by atoms with Crippen molar-refractivity contribution in [2.75, 3.05) is 0 Å². The van der Waals surface area contributed by atoms with Crippen molar-refractivity contribution < 1.29 is 14.3 Å². The first-order chi connectivity index (χ1) is 9.13. The second-order valence-electron chi connectivity index (χ2n) is 4.40. The van der Waals surface area contributed by atoms with E-state index in [4.69, 9.17) is 9.52 Å². The van der Waals surface area contributed by atoms with Crippen LogP contribution in [0.4, 0.5) is 0 Å². The average Bonchev–Trinajstić information content (AvgIpc) is 2.96. The van der Waals surface area contributed by atoms with Gasteiger partial charge in [-0.15, -0.1) is 0 Å². The number of carboxylic acid groups (broad SMARTS) is 1. The highest BCUT2D eigenvalue weighted by Crippen LogP contribution is 2.25. The van der Waals surface area contributed by atoms with Crippen LogP contribution >= 0.6 is 0 Å². The number of carbonyl (C=O) groups is 1. The number of carboxylic acids is 1. The fraction of sp³-hybridized carbons (Fsp3) is 0.143. The number of furan rings is 1. The van der Waals surface area contributed by atoms with Gasteiger partial charge in [0.2, 0.25) is 0 Å². The molecule has 0 bridgehead atoms. The molecule has 0 radical (unpaired) electrons. The summed E-state index contributed by atoms with van der Waals surface area (Å²) >= 11 is 0. The number of fused-ring (bicyclic) bond motifs is 1. The second-order valence-corrected chi connectivity index (χ2v) is 4.40. The Bertz CT molecular complexity index is 755. The Balaban J connectivity index is 1.99. The second kappa shape index (κ2) is 4.28. The van der Waals surface area contributed by atoms with Gasteiger partial charge in [-0.25, -0.2) is 4.98 Å². The summed E-state index contributed by atoms with van der Waals surface area (Å²) in [6.07, 6.45) is 1.65. The van der Waals surface area contributed by atoms with Crippen molar-refractivity contribution >= 4 is 17.0 Å². The molecule has 0 atom stereocenters. The summed E-state index contributed by atoms with van der Waals surface area (Å²) in [7, 11) is 1.94. The lowest BCUT2D eigenvalue weighted by molar-refractivity contribution is -0.136. The van der Waals surface area contributed by atoms with Gasteiger partial charge < -0.3 is 14.1 Å². The van der Waals surface area contributed by atoms with Crippen LogP contribution in [0.5, 0.6) is 0 Å². The number of hydrogen-bond acceptors (Lipinski definition) is 3. The van der Waals surface area contributed by atoms with E-state index in [1.807, 2.05) is 29.8 Å². The molecule has 0 amide bonds. The van der Waals surface area contributed by atoms with E-state index in [1.54, 1.807) is 18.5 Å². The summed E-state index contributed by atoms with van der Waals surface area (Å²) in [5, 5.41) is 8.72. The molecular formula is C14H12N2O3. The number of aromatic nitrogens is 2. The van der Waals surface area contributed by atoms with Gasteiger partial charge in [-0.2, -0.15) is 0 Å². The molecule has 0 unspecified atom stereocenters. The highest BCUT2D eigenvalue weighted by molar-refractivity contribution is 5.81. The van der Waals surface area contributed by atoms with Crippen LogP contribution in [0.15, 0.2) is 41.1 Å². The quantitative estimate of drug-likeness (QED) is 0.781. The normalized spacial score (nSPS) is 11.0. The van der Waals surface area contributed by atoms with Crippen LogP contribution in [0.2, 0.25) is 0 Å². The molecule has 0 spiro atoms. The van der Waals surface area contributed by atoms with Crippen LogP contribution in [0.25, 0.3) is 22.4 Å². The lowest BCUT2D eigenvalue weighted by Crippen LogP contribution is -1.97. The maximum Gasteiger partial charge on any atom is 0.311 e. The Kier molecular flexibility index (Phi) is 2.59. The van der Waals surface area contributed by atoms with Gasteiger partial charge >= 0.3 is 5.97 Å². The van der Waals surface area contributed by atoms with Gasteiger partial charge in [0.1, 0.15) is 17.9 Å². The van der Waals surface area contributed by atoms with Crippen molar-refractivity contribution in [2.45, 2.75) is 6.42 Å². The highest BCUT2D eigenvalue weighted by atomic mass is 16.4. The molecule has 0 aliphatic heterocycles. The summed E-state index contributed by atoms with van der Waals surface area (Å²) < 4.78 is 7.46. The Labute approximate surface area is 109 Å².